The first kappa shape index (κ1) is 12.5. The van der Waals surface area contributed by atoms with Crippen LogP contribution in [-0.4, -0.2) is 16.2 Å². The Morgan fingerprint density at radius 3 is 2.41 bits per heavy atom. The van der Waals surface area contributed by atoms with E-state index in [1.165, 1.54) is 9.13 Å². The second-order valence-corrected chi connectivity index (χ2v) is 5.30. The number of rotatable bonds is 4. The van der Waals surface area contributed by atoms with Gasteiger partial charge in [-0.2, -0.15) is 0 Å². The van der Waals surface area contributed by atoms with Crippen molar-refractivity contribution < 1.29 is 5.11 Å². The molecule has 0 saturated heterocycles. The molecule has 3 heteroatoms. The molecule has 2 nitrogen and oxygen atoms in total. The Hall–Kier alpha value is -0.940. The highest BCUT2D eigenvalue weighted by Gasteiger charge is 2.06. The van der Waals surface area contributed by atoms with Crippen LogP contribution in [0.1, 0.15) is 11.1 Å². The minimum Gasteiger partial charge on any atom is -0.392 e. The van der Waals surface area contributed by atoms with Gasteiger partial charge in [-0.25, -0.2) is 0 Å². The lowest BCUT2D eigenvalue weighted by atomic mass is 10.0. The van der Waals surface area contributed by atoms with Crippen LogP contribution in [0.3, 0.4) is 0 Å². The Balaban J connectivity index is 1.93. The van der Waals surface area contributed by atoms with Crippen LogP contribution in [0.5, 0.6) is 0 Å². The third kappa shape index (κ3) is 4.09. The van der Waals surface area contributed by atoms with E-state index in [4.69, 9.17) is 0 Å². The molecule has 0 fully saturated rings. The van der Waals surface area contributed by atoms with E-state index in [0.29, 0.717) is 12.8 Å². The van der Waals surface area contributed by atoms with Crippen molar-refractivity contribution in [3.05, 3.63) is 63.5 Å². The number of aromatic nitrogens is 1. The summed E-state index contributed by atoms with van der Waals surface area (Å²) in [5.74, 6) is 0. The number of aliphatic hydroxyl groups excluding tert-OH is 1. The van der Waals surface area contributed by atoms with Crippen molar-refractivity contribution >= 4 is 22.6 Å². The molecular formula is C14H14INO. The number of hydrogen-bond acceptors (Lipinski definition) is 2. The molecule has 1 unspecified atom stereocenters. The maximum absolute atomic E-state index is 10.00. The van der Waals surface area contributed by atoms with E-state index in [0.717, 1.165) is 5.56 Å². The number of aliphatic hydroxyl groups is 1. The Kier molecular flexibility index (Phi) is 4.50. The van der Waals surface area contributed by atoms with Crippen LogP contribution in [0.15, 0.2) is 48.8 Å². The van der Waals surface area contributed by atoms with Crippen LogP contribution in [0, 0.1) is 3.57 Å². The molecule has 0 spiro atoms. The number of benzene rings is 1. The minimum atomic E-state index is -0.348. The van der Waals surface area contributed by atoms with Gasteiger partial charge >= 0.3 is 0 Å². The maximum Gasteiger partial charge on any atom is 0.0621 e. The van der Waals surface area contributed by atoms with Gasteiger partial charge in [-0.05, 0) is 58.3 Å². The molecule has 0 amide bonds. The first-order valence-electron chi connectivity index (χ1n) is 5.55. The average molecular weight is 339 g/mol. The third-order valence-corrected chi connectivity index (χ3v) is 3.30. The molecule has 2 aromatic rings. The normalized spacial score (nSPS) is 12.4. The van der Waals surface area contributed by atoms with Gasteiger partial charge in [0.25, 0.3) is 0 Å². The van der Waals surface area contributed by atoms with Crippen LogP contribution in [-0.2, 0) is 12.8 Å². The summed E-state index contributed by atoms with van der Waals surface area (Å²) in [6.07, 6.45) is 4.54. The summed E-state index contributed by atoms with van der Waals surface area (Å²) in [5.41, 5.74) is 2.24. The Morgan fingerprint density at radius 2 is 1.76 bits per heavy atom. The monoisotopic (exact) mass is 339 g/mol. The van der Waals surface area contributed by atoms with E-state index >= 15 is 0 Å². The van der Waals surface area contributed by atoms with E-state index in [1.807, 2.05) is 12.1 Å². The van der Waals surface area contributed by atoms with Crippen molar-refractivity contribution in [3.63, 3.8) is 0 Å². The fourth-order valence-electron chi connectivity index (χ4n) is 1.76. The lowest BCUT2D eigenvalue weighted by molar-refractivity contribution is 0.175. The van der Waals surface area contributed by atoms with Crippen LogP contribution in [0.2, 0.25) is 0 Å². The summed E-state index contributed by atoms with van der Waals surface area (Å²) in [6.45, 7) is 0. The molecule has 17 heavy (non-hydrogen) atoms. The number of pyridine rings is 1. The van der Waals surface area contributed by atoms with Crippen molar-refractivity contribution in [2.75, 3.05) is 0 Å². The number of hydrogen-bond donors (Lipinski definition) is 1. The van der Waals surface area contributed by atoms with Gasteiger partial charge < -0.3 is 5.11 Å². The third-order valence-electron chi connectivity index (χ3n) is 2.58. The lowest BCUT2D eigenvalue weighted by Gasteiger charge is -2.10. The molecule has 0 aliphatic carbocycles. The summed E-state index contributed by atoms with van der Waals surface area (Å²) in [4.78, 5) is 4.04. The van der Waals surface area contributed by atoms with Crippen molar-refractivity contribution in [2.45, 2.75) is 18.9 Å². The Bertz CT molecular complexity index is 455. The van der Waals surface area contributed by atoms with Crippen molar-refractivity contribution in [1.29, 1.82) is 0 Å². The second kappa shape index (κ2) is 6.12. The van der Waals surface area contributed by atoms with E-state index < -0.39 is 0 Å². The first-order chi connectivity index (χ1) is 8.24. The van der Waals surface area contributed by atoms with E-state index in [9.17, 15) is 5.11 Å². The van der Waals surface area contributed by atoms with Gasteiger partial charge in [0, 0.05) is 22.4 Å². The second-order valence-electron chi connectivity index (χ2n) is 4.05. The zero-order valence-corrected chi connectivity index (χ0v) is 11.5. The van der Waals surface area contributed by atoms with E-state index in [2.05, 4.69) is 51.8 Å². The van der Waals surface area contributed by atoms with E-state index in [-0.39, 0.29) is 6.10 Å². The van der Waals surface area contributed by atoms with Gasteiger partial charge in [0.05, 0.1) is 6.10 Å². The standard InChI is InChI=1S/C14H14INO/c15-13-5-3-11(4-6-13)8-14(17)9-12-2-1-7-16-10-12/h1-7,10,14,17H,8-9H2. The molecule has 0 bridgehead atoms. The topological polar surface area (TPSA) is 33.1 Å². The number of nitrogens with zero attached hydrogens (tertiary/aromatic N) is 1. The average Bonchev–Trinajstić information content (AvgIpc) is 2.33. The van der Waals surface area contributed by atoms with Crippen LogP contribution in [0.25, 0.3) is 0 Å². The van der Waals surface area contributed by atoms with Gasteiger partial charge in [0.15, 0.2) is 0 Å². The van der Waals surface area contributed by atoms with Gasteiger partial charge in [0.2, 0.25) is 0 Å². The highest BCUT2D eigenvalue weighted by Crippen LogP contribution is 2.11. The van der Waals surface area contributed by atoms with Gasteiger partial charge in [0.1, 0.15) is 0 Å². The van der Waals surface area contributed by atoms with Crippen molar-refractivity contribution in [2.24, 2.45) is 0 Å². The van der Waals surface area contributed by atoms with Gasteiger partial charge in [-0.15, -0.1) is 0 Å². The predicted octanol–water partition coefficient (Wildman–Crippen LogP) is 2.83. The van der Waals surface area contributed by atoms with Crippen LogP contribution in [0.4, 0.5) is 0 Å². The summed E-state index contributed by atoms with van der Waals surface area (Å²) in [6, 6.07) is 12.1. The van der Waals surface area contributed by atoms with Crippen molar-refractivity contribution in [1.82, 2.24) is 4.98 Å². The molecule has 1 N–H and O–H groups in total. The molecule has 1 heterocycles. The smallest absolute Gasteiger partial charge is 0.0621 e. The summed E-state index contributed by atoms with van der Waals surface area (Å²) in [7, 11) is 0. The summed E-state index contributed by atoms with van der Waals surface area (Å²) < 4.78 is 1.22. The molecule has 0 aliphatic rings. The fourth-order valence-corrected chi connectivity index (χ4v) is 2.12. The maximum atomic E-state index is 10.00. The molecular weight excluding hydrogens is 325 g/mol. The van der Waals surface area contributed by atoms with Crippen molar-refractivity contribution in [3.8, 4) is 0 Å². The SMILES string of the molecule is OC(Cc1ccc(I)cc1)Cc1cccnc1. The van der Waals surface area contributed by atoms with Crippen LogP contribution < -0.4 is 0 Å². The molecule has 0 radical (unpaired) electrons. The lowest BCUT2D eigenvalue weighted by Crippen LogP contribution is -2.13. The molecule has 2 rings (SSSR count). The van der Waals surface area contributed by atoms with Gasteiger partial charge in [-0.3, -0.25) is 4.98 Å². The summed E-state index contributed by atoms with van der Waals surface area (Å²) >= 11 is 2.28. The molecule has 1 atom stereocenters. The molecule has 88 valence electrons. The zero-order chi connectivity index (χ0) is 12.1. The summed E-state index contributed by atoms with van der Waals surface area (Å²) in [5, 5.41) is 10.00. The first-order valence-corrected chi connectivity index (χ1v) is 6.63. The van der Waals surface area contributed by atoms with E-state index in [1.54, 1.807) is 12.4 Å². The molecule has 0 saturated carbocycles. The van der Waals surface area contributed by atoms with Crippen LogP contribution >= 0.6 is 22.6 Å². The predicted molar refractivity (Wildman–Crippen MR) is 76.8 cm³/mol. The largest absolute Gasteiger partial charge is 0.392 e. The Morgan fingerprint density at radius 1 is 1.06 bits per heavy atom. The highest BCUT2D eigenvalue weighted by molar-refractivity contribution is 14.1. The molecule has 1 aromatic heterocycles. The quantitative estimate of drug-likeness (QED) is 0.869. The zero-order valence-electron chi connectivity index (χ0n) is 9.38. The fraction of sp³-hybridized carbons (Fsp3) is 0.214. The molecule has 1 aromatic carbocycles. The minimum absolute atomic E-state index is 0.348. The Labute approximate surface area is 115 Å². The highest BCUT2D eigenvalue weighted by atomic mass is 127. The van der Waals surface area contributed by atoms with Gasteiger partial charge in [-0.1, -0.05) is 18.2 Å². The molecule has 0 aliphatic heterocycles. The number of halogens is 1.